The summed E-state index contributed by atoms with van der Waals surface area (Å²) in [4.78, 5) is 24.5. The van der Waals surface area contributed by atoms with Crippen LogP contribution in [0.1, 0.15) is 23.0 Å². The molecule has 0 saturated carbocycles. The van der Waals surface area contributed by atoms with Crippen molar-refractivity contribution in [3.05, 3.63) is 33.9 Å². The standard InChI is InChI=1S/C14H18N2O4/c1-4-16-7-5-10-12(14(16)18)11(9(2)20-10)13(17)15-6-8-19-3/h5,7H,4,6,8H2,1-3H3,(H,15,17). The van der Waals surface area contributed by atoms with E-state index in [1.807, 2.05) is 6.92 Å². The minimum absolute atomic E-state index is 0.209. The highest BCUT2D eigenvalue weighted by Crippen LogP contribution is 2.22. The van der Waals surface area contributed by atoms with Gasteiger partial charge in [0, 0.05) is 26.4 Å². The van der Waals surface area contributed by atoms with Crippen molar-refractivity contribution in [1.29, 1.82) is 0 Å². The SMILES string of the molecule is CCn1ccc2oc(C)c(C(=O)NCCOC)c2c1=O. The highest BCUT2D eigenvalue weighted by atomic mass is 16.5. The maximum atomic E-state index is 12.3. The molecule has 2 rings (SSSR count). The third kappa shape index (κ3) is 2.46. The number of hydrogen-bond acceptors (Lipinski definition) is 4. The summed E-state index contributed by atoms with van der Waals surface area (Å²) in [7, 11) is 1.56. The van der Waals surface area contributed by atoms with Crippen molar-refractivity contribution >= 4 is 16.9 Å². The number of pyridine rings is 1. The molecule has 0 fully saturated rings. The molecule has 0 radical (unpaired) electrons. The minimum Gasteiger partial charge on any atom is -0.460 e. The zero-order valence-corrected chi connectivity index (χ0v) is 11.9. The van der Waals surface area contributed by atoms with Crippen LogP contribution in [0.5, 0.6) is 0 Å². The molecule has 0 unspecified atom stereocenters. The molecule has 0 aliphatic rings. The topological polar surface area (TPSA) is 73.5 Å². The first-order valence-corrected chi connectivity index (χ1v) is 6.49. The van der Waals surface area contributed by atoms with E-state index in [9.17, 15) is 9.59 Å². The van der Waals surface area contributed by atoms with Gasteiger partial charge in [0.25, 0.3) is 11.5 Å². The van der Waals surface area contributed by atoms with E-state index in [0.29, 0.717) is 42.0 Å². The summed E-state index contributed by atoms with van der Waals surface area (Å²) in [5.74, 6) is 0.130. The van der Waals surface area contributed by atoms with E-state index in [4.69, 9.17) is 9.15 Å². The van der Waals surface area contributed by atoms with Crippen molar-refractivity contribution in [2.75, 3.05) is 20.3 Å². The molecule has 2 aromatic rings. The number of aromatic nitrogens is 1. The van der Waals surface area contributed by atoms with Crippen LogP contribution in [-0.2, 0) is 11.3 Å². The smallest absolute Gasteiger partial charge is 0.262 e. The Labute approximate surface area is 116 Å². The van der Waals surface area contributed by atoms with Gasteiger partial charge in [0.1, 0.15) is 11.3 Å². The number of rotatable bonds is 5. The van der Waals surface area contributed by atoms with E-state index in [0.717, 1.165) is 0 Å². The molecule has 1 N–H and O–H groups in total. The van der Waals surface area contributed by atoms with Crippen molar-refractivity contribution in [3.63, 3.8) is 0 Å². The lowest BCUT2D eigenvalue weighted by Crippen LogP contribution is -2.29. The summed E-state index contributed by atoms with van der Waals surface area (Å²) >= 11 is 0. The molecule has 2 heterocycles. The minimum atomic E-state index is -0.316. The van der Waals surface area contributed by atoms with Crippen molar-refractivity contribution in [3.8, 4) is 0 Å². The normalized spacial score (nSPS) is 10.9. The Morgan fingerprint density at radius 3 is 2.90 bits per heavy atom. The van der Waals surface area contributed by atoms with Gasteiger partial charge in [0.05, 0.1) is 17.6 Å². The number of carbonyl (C=O) groups excluding carboxylic acids is 1. The second kappa shape index (κ2) is 5.92. The van der Waals surface area contributed by atoms with E-state index in [-0.39, 0.29) is 11.5 Å². The summed E-state index contributed by atoms with van der Waals surface area (Å²) in [6.45, 7) is 4.90. The molecular weight excluding hydrogens is 260 g/mol. The highest BCUT2D eigenvalue weighted by molar-refractivity contribution is 6.06. The summed E-state index contributed by atoms with van der Waals surface area (Å²) in [5, 5.41) is 3.05. The maximum absolute atomic E-state index is 12.3. The molecule has 108 valence electrons. The van der Waals surface area contributed by atoms with Crippen molar-refractivity contribution in [2.45, 2.75) is 20.4 Å². The summed E-state index contributed by atoms with van der Waals surface area (Å²) in [6.07, 6.45) is 1.67. The first-order valence-electron chi connectivity index (χ1n) is 6.49. The Morgan fingerprint density at radius 1 is 1.50 bits per heavy atom. The van der Waals surface area contributed by atoms with E-state index in [1.165, 1.54) is 0 Å². The van der Waals surface area contributed by atoms with Gasteiger partial charge in [-0.2, -0.15) is 0 Å². The van der Waals surface area contributed by atoms with Gasteiger partial charge in [-0.25, -0.2) is 0 Å². The number of nitrogens with zero attached hydrogens (tertiary/aromatic N) is 1. The molecule has 2 aromatic heterocycles. The number of ether oxygens (including phenoxy) is 1. The summed E-state index contributed by atoms with van der Waals surface area (Å²) in [5.41, 5.74) is 0.539. The number of aryl methyl sites for hydroxylation is 2. The number of amides is 1. The molecule has 6 heteroatoms. The molecule has 0 aromatic carbocycles. The van der Waals surface area contributed by atoms with Crippen LogP contribution in [0.15, 0.2) is 21.5 Å². The molecule has 1 amide bonds. The number of hydrogen-bond donors (Lipinski definition) is 1. The molecule has 0 aliphatic heterocycles. The molecule has 0 bridgehead atoms. The van der Waals surface area contributed by atoms with Crippen LogP contribution in [0.25, 0.3) is 11.0 Å². The van der Waals surface area contributed by atoms with Gasteiger partial charge in [-0.15, -0.1) is 0 Å². The number of methoxy groups -OCH3 is 1. The van der Waals surface area contributed by atoms with Gasteiger partial charge < -0.3 is 19.0 Å². The van der Waals surface area contributed by atoms with Crippen LogP contribution in [0.2, 0.25) is 0 Å². The number of fused-ring (bicyclic) bond motifs is 1. The van der Waals surface area contributed by atoms with E-state index in [2.05, 4.69) is 5.32 Å². The van der Waals surface area contributed by atoms with Crippen LogP contribution >= 0.6 is 0 Å². The fourth-order valence-corrected chi connectivity index (χ4v) is 2.14. The lowest BCUT2D eigenvalue weighted by molar-refractivity contribution is 0.0937. The van der Waals surface area contributed by atoms with Gasteiger partial charge in [0.2, 0.25) is 0 Å². The van der Waals surface area contributed by atoms with Gasteiger partial charge >= 0.3 is 0 Å². The fraction of sp³-hybridized carbons (Fsp3) is 0.429. The second-order valence-corrected chi connectivity index (χ2v) is 4.43. The number of furan rings is 1. The molecule has 0 saturated heterocycles. The average molecular weight is 278 g/mol. The van der Waals surface area contributed by atoms with Gasteiger partial charge in [-0.05, 0) is 19.9 Å². The molecule has 20 heavy (non-hydrogen) atoms. The van der Waals surface area contributed by atoms with Crippen LogP contribution in [0, 0.1) is 6.92 Å². The van der Waals surface area contributed by atoms with E-state index < -0.39 is 0 Å². The zero-order chi connectivity index (χ0) is 14.7. The molecule has 0 aliphatic carbocycles. The Bertz CT molecular complexity index is 684. The Morgan fingerprint density at radius 2 is 2.25 bits per heavy atom. The fourth-order valence-electron chi connectivity index (χ4n) is 2.14. The first kappa shape index (κ1) is 14.3. The van der Waals surface area contributed by atoms with Crippen LogP contribution in [0.3, 0.4) is 0 Å². The Kier molecular flexibility index (Phi) is 4.24. The highest BCUT2D eigenvalue weighted by Gasteiger charge is 2.21. The van der Waals surface area contributed by atoms with Crippen LogP contribution in [0.4, 0.5) is 0 Å². The number of nitrogens with one attached hydrogen (secondary N) is 1. The number of carbonyl (C=O) groups is 1. The molecule has 0 spiro atoms. The summed E-state index contributed by atoms with van der Waals surface area (Å²) < 4.78 is 11.9. The van der Waals surface area contributed by atoms with Crippen molar-refractivity contribution < 1.29 is 13.9 Å². The lowest BCUT2D eigenvalue weighted by atomic mass is 10.1. The molecule has 6 nitrogen and oxygen atoms in total. The third-order valence-electron chi connectivity index (χ3n) is 3.15. The first-order chi connectivity index (χ1) is 9.60. The second-order valence-electron chi connectivity index (χ2n) is 4.43. The monoisotopic (exact) mass is 278 g/mol. The maximum Gasteiger partial charge on any atom is 0.262 e. The van der Waals surface area contributed by atoms with Crippen LogP contribution < -0.4 is 10.9 Å². The molecular formula is C14H18N2O4. The third-order valence-corrected chi connectivity index (χ3v) is 3.15. The summed E-state index contributed by atoms with van der Waals surface area (Å²) in [6, 6.07) is 1.71. The Balaban J connectivity index is 2.49. The van der Waals surface area contributed by atoms with Gasteiger partial charge in [-0.1, -0.05) is 0 Å². The predicted octanol–water partition coefficient (Wildman–Crippen LogP) is 1.30. The van der Waals surface area contributed by atoms with E-state index >= 15 is 0 Å². The Hall–Kier alpha value is -2.08. The lowest BCUT2D eigenvalue weighted by Gasteiger charge is -2.04. The predicted molar refractivity (Wildman–Crippen MR) is 75.1 cm³/mol. The zero-order valence-electron chi connectivity index (χ0n) is 11.9. The van der Waals surface area contributed by atoms with Crippen molar-refractivity contribution in [1.82, 2.24) is 9.88 Å². The van der Waals surface area contributed by atoms with Gasteiger partial charge in [0.15, 0.2) is 0 Å². The van der Waals surface area contributed by atoms with Crippen LogP contribution in [-0.4, -0.2) is 30.7 Å². The molecule has 0 atom stereocenters. The quantitative estimate of drug-likeness (QED) is 0.837. The van der Waals surface area contributed by atoms with Crippen molar-refractivity contribution in [2.24, 2.45) is 0 Å². The van der Waals surface area contributed by atoms with Gasteiger partial charge in [-0.3, -0.25) is 9.59 Å². The largest absolute Gasteiger partial charge is 0.460 e. The van der Waals surface area contributed by atoms with E-state index in [1.54, 1.807) is 30.9 Å². The average Bonchev–Trinajstić information content (AvgIpc) is 2.76.